The third kappa shape index (κ3) is 3.06. The highest BCUT2D eigenvalue weighted by atomic mass is 79.9. The zero-order valence-electron chi connectivity index (χ0n) is 11.6. The largest absolute Gasteiger partial charge is 0.462 e. The first-order chi connectivity index (χ1) is 9.58. The number of hydrogen-bond donors (Lipinski definition) is 1. The maximum absolute atomic E-state index is 12.1. The van der Waals surface area contributed by atoms with Crippen molar-refractivity contribution in [3.8, 4) is 0 Å². The van der Waals surface area contributed by atoms with Crippen LogP contribution < -0.4 is 5.32 Å². The van der Waals surface area contributed by atoms with Crippen molar-refractivity contribution in [2.75, 3.05) is 11.9 Å². The van der Waals surface area contributed by atoms with Crippen molar-refractivity contribution in [2.45, 2.75) is 44.4 Å². The standard InChI is InChI=1S/C14H18BrNO3S/c1-3-9(15)12(17)16-13-11(14(18)19-4-2)8-6-5-7-10(8)20-13/h9H,3-7H2,1-2H3,(H,16,17). The number of ether oxygens (including phenoxy) is 1. The molecule has 0 saturated carbocycles. The smallest absolute Gasteiger partial charge is 0.341 e. The van der Waals surface area contributed by atoms with Gasteiger partial charge < -0.3 is 10.1 Å². The Morgan fingerprint density at radius 1 is 1.40 bits per heavy atom. The van der Waals surface area contributed by atoms with Gasteiger partial charge in [0.1, 0.15) is 5.00 Å². The minimum atomic E-state index is -0.329. The van der Waals surface area contributed by atoms with Crippen molar-refractivity contribution in [3.05, 3.63) is 16.0 Å². The predicted octanol–water partition coefficient (Wildman–Crippen LogP) is 3.53. The molecule has 1 unspecified atom stereocenters. The minimum absolute atomic E-state index is 0.113. The van der Waals surface area contributed by atoms with Crippen LogP contribution in [0.2, 0.25) is 0 Å². The van der Waals surface area contributed by atoms with Crippen LogP contribution in [-0.4, -0.2) is 23.3 Å². The van der Waals surface area contributed by atoms with Gasteiger partial charge in [-0.15, -0.1) is 11.3 Å². The van der Waals surface area contributed by atoms with E-state index in [1.165, 1.54) is 16.2 Å². The molecule has 0 bridgehead atoms. The van der Waals surface area contributed by atoms with Gasteiger partial charge in [-0.25, -0.2) is 4.79 Å². The molecule has 1 aliphatic carbocycles. The first-order valence-corrected chi connectivity index (χ1v) is 8.58. The van der Waals surface area contributed by atoms with Crippen molar-refractivity contribution in [3.63, 3.8) is 0 Å². The molecule has 1 heterocycles. The number of aryl methyl sites for hydroxylation is 1. The van der Waals surface area contributed by atoms with Crippen molar-refractivity contribution in [2.24, 2.45) is 0 Å². The number of amides is 1. The van der Waals surface area contributed by atoms with Crippen LogP contribution in [0.15, 0.2) is 0 Å². The molecule has 4 nitrogen and oxygen atoms in total. The van der Waals surface area contributed by atoms with Crippen molar-refractivity contribution in [1.82, 2.24) is 0 Å². The topological polar surface area (TPSA) is 55.4 Å². The molecule has 0 aliphatic heterocycles. The van der Waals surface area contributed by atoms with Crippen molar-refractivity contribution in [1.29, 1.82) is 0 Å². The molecule has 110 valence electrons. The van der Waals surface area contributed by atoms with Gasteiger partial charge >= 0.3 is 5.97 Å². The van der Waals surface area contributed by atoms with Gasteiger partial charge in [0.05, 0.1) is 17.0 Å². The van der Waals surface area contributed by atoms with E-state index >= 15 is 0 Å². The van der Waals surface area contributed by atoms with Crippen LogP contribution in [0.25, 0.3) is 0 Å². The van der Waals surface area contributed by atoms with Gasteiger partial charge in [0.2, 0.25) is 5.91 Å². The van der Waals surface area contributed by atoms with Gasteiger partial charge in [-0.05, 0) is 38.2 Å². The predicted molar refractivity (Wildman–Crippen MR) is 83.9 cm³/mol. The van der Waals surface area contributed by atoms with Crippen LogP contribution in [0.1, 0.15) is 47.5 Å². The first kappa shape index (κ1) is 15.5. The van der Waals surface area contributed by atoms with E-state index in [1.807, 2.05) is 6.92 Å². The molecule has 2 rings (SSSR count). The van der Waals surface area contributed by atoms with E-state index in [1.54, 1.807) is 6.92 Å². The number of fused-ring (bicyclic) bond motifs is 1. The summed E-state index contributed by atoms with van der Waals surface area (Å²) in [5.41, 5.74) is 1.62. The Labute approximate surface area is 131 Å². The molecule has 1 aromatic heterocycles. The van der Waals surface area contributed by atoms with E-state index in [-0.39, 0.29) is 16.7 Å². The molecule has 6 heteroatoms. The number of nitrogens with one attached hydrogen (secondary N) is 1. The molecule has 1 atom stereocenters. The summed E-state index contributed by atoms with van der Waals surface area (Å²) in [5.74, 6) is -0.442. The minimum Gasteiger partial charge on any atom is -0.462 e. The van der Waals surface area contributed by atoms with Crippen LogP contribution in [0.3, 0.4) is 0 Å². The maximum atomic E-state index is 12.1. The van der Waals surface area contributed by atoms with E-state index < -0.39 is 0 Å². The fourth-order valence-corrected chi connectivity index (χ4v) is 3.68. The molecule has 1 N–H and O–H groups in total. The molecule has 0 saturated heterocycles. The molecule has 1 aromatic rings. The third-order valence-corrected chi connectivity index (χ3v) is 5.55. The second-order valence-electron chi connectivity index (χ2n) is 4.65. The second kappa shape index (κ2) is 6.72. The summed E-state index contributed by atoms with van der Waals surface area (Å²) in [6, 6.07) is 0. The number of carbonyl (C=O) groups is 2. The number of rotatable bonds is 5. The summed E-state index contributed by atoms with van der Waals surface area (Å²) >= 11 is 4.83. The maximum Gasteiger partial charge on any atom is 0.341 e. The molecule has 1 amide bonds. The normalized spacial score (nSPS) is 14.8. The van der Waals surface area contributed by atoms with E-state index in [0.717, 1.165) is 24.8 Å². The Morgan fingerprint density at radius 3 is 2.80 bits per heavy atom. The lowest BCUT2D eigenvalue weighted by atomic mass is 10.1. The molecule has 0 spiro atoms. The summed E-state index contributed by atoms with van der Waals surface area (Å²) in [6.07, 6.45) is 3.64. The van der Waals surface area contributed by atoms with Gasteiger partial charge in [0.15, 0.2) is 0 Å². The number of hydrogen-bond acceptors (Lipinski definition) is 4. The summed E-state index contributed by atoms with van der Waals surface area (Å²) in [6.45, 7) is 4.06. The number of carbonyl (C=O) groups excluding carboxylic acids is 2. The highest BCUT2D eigenvalue weighted by Gasteiger charge is 2.28. The molecule has 20 heavy (non-hydrogen) atoms. The van der Waals surface area contributed by atoms with E-state index in [0.29, 0.717) is 23.6 Å². The Morgan fingerprint density at radius 2 is 2.15 bits per heavy atom. The lowest BCUT2D eigenvalue weighted by Gasteiger charge is -2.10. The van der Waals surface area contributed by atoms with E-state index in [4.69, 9.17) is 4.74 Å². The van der Waals surface area contributed by atoms with Crippen LogP contribution in [0, 0.1) is 0 Å². The van der Waals surface area contributed by atoms with Crippen LogP contribution >= 0.6 is 27.3 Å². The summed E-state index contributed by atoms with van der Waals surface area (Å²) in [5, 5.41) is 3.50. The van der Waals surface area contributed by atoms with Crippen LogP contribution in [0.5, 0.6) is 0 Å². The van der Waals surface area contributed by atoms with Gasteiger partial charge in [-0.1, -0.05) is 22.9 Å². The first-order valence-electron chi connectivity index (χ1n) is 6.85. The SMILES string of the molecule is CCOC(=O)c1c(NC(=O)C(Br)CC)sc2c1CCC2. The van der Waals surface area contributed by atoms with Gasteiger partial charge in [-0.2, -0.15) is 0 Å². The lowest BCUT2D eigenvalue weighted by molar-refractivity contribution is -0.115. The Kier molecular flexibility index (Phi) is 5.21. The van der Waals surface area contributed by atoms with Crippen molar-refractivity contribution >= 4 is 44.1 Å². The molecular weight excluding hydrogens is 342 g/mol. The van der Waals surface area contributed by atoms with Crippen LogP contribution in [0.4, 0.5) is 5.00 Å². The molecule has 0 aromatic carbocycles. The molecule has 0 fully saturated rings. The second-order valence-corrected chi connectivity index (χ2v) is 6.86. The quantitative estimate of drug-likeness (QED) is 0.646. The summed E-state index contributed by atoms with van der Waals surface area (Å²) < 4.78 is 5.13. The van der Waals surface area contributed by atoms with E-state index in [2.05, 4.69) is 21.2 Å². The summed E-state index contributed by atoms with van der Waals surface area (Å²) in [4.78, 5) is 25.1. The summed E-state index contributed by atoms with van der Waals surface area (Å²) in [7, 11) is 0. The zero-order chi connectivity index (χ0) is 14.7. The number of alkyl halides is 1. The number of halogens is 1. The highest BCUT2D eigenvalue weighted by Crippen LogP contribution is 2.39. The fraction of sp³-hybridized carbons (Fsp3) is 0.571. The molecule has 0 radical (unpaired) electrons. The van der Waals surface area contributed by atoms with Crippen molar-refractivity contribution < 1.29 is 14.3 Å². The van der Waals surface area contributed by atoms with E-state index in [9.17, 15) is 9.59 Å². The Balaban J connectivity index is 2.29. The fourth-order valence-electron chi connectivity index (χ4n) is 2.29. The Hall–Kier alpha value is -0.880. The lowest BCUT2D eigenvalue weighted by Crippen LogP contribution is -2.23. The van der Waals surface area contributed by atoms with Gasteiger partial charge in [-0.3, -0.25) is 4.79 Å². The van der Waals surface area contributed by atoms with Gasteiger partial charge in [0.25, 0.3) is 0 Å². The highest BCUT2D eigenvalue weighted by molar-refractivity contribution is 9.10. The van der Waals surface area contributed by atoms with Gasteiger partial charge in [0, 0.05) is 4.88 Å². The monoisotopic (exact) mass is 359 g/mol. The zero-order valence-corrected chi connectivity index (χ0v) is 14.0. The average molecular weight is 360 g/mol. The third-order valence-electron chi connectivity index (χ3n) is 3.28. The number of anilines is 1. The Bertz CT molecular complexity index is 527. The number of thiophene rings is 1. The van der Waals surface area contributed by atoms with Crippen LogP contribution in [-0.2, 0) is 22.4 Å². The molecule has 1 aliphatic rings. The average Bonchev–Trinajstić information content (AvgIpc) is 2.97. The molecular formula is C14H18BrNO3S. The number of esters is 1.